The first kappa shape index (κ1) is 19.8. The number of nitrogens with zero attached hydrogens (tertiary/aromatic N) is 3. The van der Waals surface area contributed by atoms with Crippen LogP contribution in [0.25, 0.3) is 16.9 Å². The van der Waals surface area contributed by atoms with Crippen LogP contribution in [0.1, 0.15) is 39.6 Å². The largest absolute Gasteiger partial charge is 0.459 e. The SMILES string of the molecule is Cc1nc(NC(=O)c2ccn3cc(-c4ccccc4)nc3c2)sc1C(=O)OC(C)C. The van der Waals surface area contributed by atoms with Crippen LogP contribution in [0.5, 0.6) is 0 Å². The fraction of sp³-hybridized carbons (Fsp3) is 0.182. The van der Waals surface area contributed by atoms with Gasteiger partial charge in [0, 0.05) is 23.5 Å². The van der Waals surface area contributed by atoms with Crippen LogP contribution < -0.4 is 5.32 Å². The fourth-order valence-electron chi connectivity index (χ4n) is 2.95. The maximum absolute atomic E-state index is 12.7. The van der Waals surface area contributed by atoms with Crippen molar-refractivity contribution in [2.75, 3.05) is 5.32 Å². The molecule has 7 nitrogen and oxygen atoms in total. The molecule has 0 aliphatic rings. The van der Waals surface area contributed by atoms with E-state index in [1.807, 2.05) is 40.9 Å². The number of thiazole rings is 1. The van der Waals surface area contributed by atoms with Gasteiger partial charge in [0.15, 0.2) is 5.13 Å². The van der Waals surface area contributed by atoms with Crippen LogP contribution in [-0.2, 0) is 4.74 Å². The van der Waals surface area contributed by atoms with Gasteiger partial charge in [-0.15, -0.1) is 0 Å². The van der Waals surface area contributed by atoms with Crippen molar-refractivity contribution in [2.45, 2.75) is 26.9 Å². The average molecular weight is 420 g/mol. The molecule has 3 heterocycles. The zero-order valence-corrected chi connectivity index (χ0v) is 17.6. The first-order valence-electron chi connectivity index (χ1n) is 9.44. The number of imidazole rings is 1. The van der Waals surface area contributed by atoms with E-state index in [-0.39, 0.29) is 12.0 Å². The van der Waals surface area contributed by atoms with Crippen molar-refractivity contribution < 1.29 is 14.3 Å². The number of hydrogen-bond donors (Lipinski definition) is 1. The summed E-state index contributed by atoms with van der Waals surface area (Å²) in [6.07, 6.45) is 3.49. The van der Waals surface area contributed by atoms with Crippen molar-refractivity contribution in [3.8, 4) is 11.3 Å². The molecule has 0 aliphatic heterocycles. The maximum Gasteiger partial charge on any atom is 0.350 e. The van der Waals surface area contributed by atoms with Gasteiger partial charge in [0.2, 0.25) is 0 Å². The van der Waals surface area contributed by atoms with Crippen molar-refractivity contribution in [3.63, 3.8) is 0 Å². The van der Waals surface area contributed by atoms with Crippen molar-refractivity contribution in [1.82, 2.24) is 14.4 Å². The quantitative estimate of drug-likeness (QED) is 0.478. The Labute approximate surface area is 177 Å². The molecule has 30 heavy (non-hydrogen) atoms. The molecule has 0 bridgehead atoms. The lowest BCUT2D eigenvalue weighted by atomic mass is 10.2. The molecule has 1 N–H and O–H groups in total. The Kier molecular flexibility index (Phi) is 5.33. The molecule has 152 valence electrons. The first-order valence-corrected chi connectivity index (χ1v) is 10.3. The van der Waals surface area contributed by atoms with Gasteiger partial charge in [0.05, 0.1) is 17.5 Å². The van der Waals surface area contributed by atoms with Gasteiger partial charge in [-0.25, -0.2) is 14.8 Å². The summed E-state index contributed by atoms with van der Waals surface area (Å²) in [6, 6.07) is 13.3. The lowest BCUT2D eigenvalue weighted by Crippen LogP contribution is -2.12. The lowest BCUT2D eigenvalue weighted by molar-refractivity contribution is 0.0382. The predicted molar refractivity (Wildman–Crippen MR) is 116 cm³/mol. The van der Waals surface area contributed by atoms with Crippen LogP contribution in [0.15, 0.2) is 54.9 Å². The number of hydrogen-bond acceptors (Lipinski definition) is 6. The number of carbonyl (C=O) groups excluding carboxylic acids is 2. The molecule has 1 amide bonds. The number of amides is 1. The van der Waals surface area contributed by atoms with E-state index in [0.717, 1.165) is 22.6 Å². The van der Waals surface area contributed by atoms with E-state index in [9.17, 15) is 9.59 Å². The summed E-state index contributed by atoms with van der Waals surface area (Å²) in [5.41, 5.74) is 3.48. The molecule has 0 radical (unpaired) electrons. The van der Waals surface area contributed by atoms with Crippen LogP contribution in [0.3, 0.4) is 0 Å². The highest BCUT2D eigenvalue weighted by Crippen LogP contribution is 2.25. The maximum atomic E-state index is 12.7. The second-order valence-electron chi connectivity index (χ2n) is 7.01. The van der Waals surface area contributed by atoms with Crippen molar-refractivity contribution in [3.05, 3.63) is 71.0 Å². The molecule has 3 aromatic heterocycles. The summed E-state index contributed by atoms with van der Waals surface area (Å²) in [4.78, 5) is 34.1. The highest BCUT2D eigenvalue weighted by Gasteiger charge is 2.19. The standard InChI is InChI=1S/C22H20N4O3S/c1-13(2)29-21(28)19-14(3)23-22(30-19)25-20(27)16-9-10-26-12-17(24-18(26)11-16)15-7-5-4-6-8-15/h4-13H,1-3H3,(H,23,25,27). The van der Waals surface area contributed by atoms with Gasteiger partial charge in [0.25, 0.3) is 5.91 Å². The van der Waals surface area contributed by atoms with Gasteiger partial charge < -0.3 is 9.14 Å². The minimum absolute atomic E-state index is 0.223. The molecule has 8 heteroatoms. The number of benzene rings is 1. The van der Waals surface area contributed by atoms with Crippen LogP contribution >= 0.6 is 11.3 Å². The average Bonchev–Trinajstić information content (AvgIpc) is 3.30. The number of ether oxygens (including phenoxy) is 1. The first-order chi connectivity index (χ1) is 14.4. The van der Waals surface area contributed by atoms with Gasteiger partial charge in [-0.2, -0.15) is 0 Å². The predicted octanol–water partition coefficient (Wildman–Crippen LogP) is 4.58. The van der Waals surface area contributed by atoms with Crippen LogP contribution in [-0.4, -0.2) is 32.3 Å². The van der Waals surface area contributed by atoms with E-state index in [4.69, 9.17) is 4.74 Å². The monoisotopic (exact) mass is 420 g/mol. The molecule has 4 rings (SSSR count). The summed E-state index contributed by atoms with van der Waals surface area (Å²) in [7, 11) is 0. The minimum Gasteiger partial charge on any atom is -0.459 e. The summed E-state index contributed by atoms with van der Waals surface area (Å²) in [6.45, 7) is 5.28. The van der Waals surface area contributed by atoms with Crippen molar-refractivity contribution >= 4 is 34.0 Å². The normalized spacial score (nSPS) is 11.1. The fourth-order valence-corrected chi connectivity index (χ4v) is 3.79. The highest BCUT2D eigenvalue weighted by atomic mass is 32.1. The minimum atomic E-state index is -0.437. The number of pyridine rings is 1. The van der Waals surface area contributed by atoms with Crippen LogP contribution in [0.4, 0.5) is 5.13 Å². The summed E-state index contributed by atoms with van der Waals surface area (Å²) >= 11 is 1.10. The van der Waals surface area contributed by atoms with Gasteiger partial charge in [-0.3, -0.25) is 10.1 Å². The van der Waals surface area contributed by atoms with E-state index in [2.05, 4.69) is 15.3 Å². The second-order valence-corrected chi connectivity index (χ2v) is 8.01. The van der Waals surface area contributed by atoms with E-state index in [1.54, 1.807) is 39.1 Å². The Balaban J connectivity index is 1.54. The van der Waals surface area contributed by atoms with Crippen LogP contribution in [0, 0.1) is 6.92 Å². The van der Waals surface area contributed by atoms with E-state index in [1.165, 1.54) is 0 Å². The second kappa shape index (κ2) is 8.08. The number of nitrogens with one attached hydrogen (secondary N) is 1. The highest BCUT2D eigenvalue weighted by molar-refractivity contribution is 7.17. The number of esters is 1. The molecular formula is C22H20N4O3S. The molecule has 1 aromatic carbocycles. The Bertz CT molecular complexity index is 1230. The zero-order chi connectivity index (χ0) is 21.3. The van der Waals surface area contributed by atoms with Gasteiger partial charge >= 0.3 is 5.97 Å². The van der Waals surface area contributed by atoms with Gasteiger partial charge in [-0.05, 0) is 32.9 Å². The number of aromatic nitrogens is 3. The third-order valence-electron chi connectivity index (χ3n) is 4.34. The lowest BCUT2D eigenvalue weighted by Gasteiger charge is -2.05. The smallest absolute Gasteiger partial charge is 0.350 e. The van der Waals surface area contributed by atoms with Crippen LogP contribution in [0.2, 0.25) is 0 Å². The summed E-state index contributed by atoms with van der Waals surface area (Å²) in [5.74, 6) is -0.757. The molecular weight excluding hydrogens is 400 g/mol. The molecule has 4 aromatic rings. The zero-order valence-electron chi connectivity index (χ0n) is 16.7. The van der Waals surface area contributed by atoms with Gasteiger partial charge in [0.1, 0.15) is 10.5 Å². The Morgan fingerprint density at radius 1 is 1.13 bits per heavy atom. The number of rotatable bonds is 5. The van der Waals surface area contributed by atoms with Crippen molar-refractivity contribution in [1.29, 1.82) is 0 Å². The third kappa shape index (κ3) is 4.08. The van der Waals surface area contributed by atoms with E-state index in [0.29, 0.717) is 26.9 Å². The summed E-state index contributed by atoms with van der Waals surface area (Å²) < 4.78 is 7.08. The van der Waals surface area contributed by atoms with E-state index >= 15 is 0 Å². The molecule has 0 fully saturated rings. The number of aryl methyl sites for hydroxylation is 1. The van der Waals surface area contributed by atoms with E-state index < -0.39 is 5.97 Å². The number of carbonyl (C=O) groups is 2. The Morgan fingerprint density at radius 3 is 2.63 bits per heavy atom. The Hall–Kier alpha value is -3.52. The number of fused-ring (bicyclic) bond motifs is 1. The molecule has 0 atom stereocenters. The Morgan fingerprint density at radius 2 is 1.90 bits per heavy atom. The topological polar surface area (TPSA) is 85.6 Å². The summed E-state index contributed by atoms with van der Waals surface area (Å²) in [5, 5.41) is 3.10. The molecule has 0 saturated heterocycles. The third-order valence-corrected chi connectivity index (χ3v) is 5.39. The molecule has 0 unspecified atom stereocenters. The molecule has 0 aliphatic carbocycles. The molecule has 0 spiro atoms. The van der Waals surface area contributed by atoms with Crippen molar-refractivity contribution in [2.24, 2.45) is 0 Å². The number of anilines is 1. The molecule has 0 saturated carbocycles. The van der Waals surface area contributed by atoms with Gasteiger partial charge in [-0.1, -0.05) is 41.7 Å².